The predicted octanol–water partition coefficient (Wildman–Crippen LogP) is 4.36. The van der Waals surface area contributed by atoms with E-state index in [1.807, 2.05) is 13.8 Å². The largest absolute Gasteiger partial charge is 0.463 e. The molecule has 1 N–H and O–H groups in total. The fraction of sp³-hybridized carbons (Fsp3) is 0.217. The zero-order valence-electron chi connectivity index (χ0n) is 17.5. The third kappa shape index (κ3) is 4.05. The molecule has 0 unspecified atom stereocenters. The summed E-state index contributed by atoms with van der Waals surface area (Å²) in [5, 5.41) is 7.97. The molecule has 0 saturated heterocycles. The lowest BCUT2D eigenvalue weighted by Crippen LogP contribution is -2.13. The van der Waals surface area contributed by atoms with E-state index in [-0.39, 0.29) is 11.9 Å². The standard InChI is InChI=1S/C23H22N4O4/c1-4-11-31-23(29)15-7-9-16(10-8-15)24-22(28)17-13-18(19-6-5-12-30-19)25-21-20(17)14(2)26-27(21)3/h5-10,12-13H,4,11H2,1-3H3,(H,24,28). The number of ether oxygens (including phenoxy) is 1. The van der Waals surface area contributed by atoms with Crippen molar-refractivity contribution in [3.05, 3.63) is 65.5 Å². The summed E-state index contributed by atoms with van der Waals surface area (Å²) in [6.07, 6.45) is 2.32. The Balaban J connectivity index is 1.65. The van der Waals surface area contributed by atoms with E-state index in [0.717, 1.165) is 6.42 Å². The highest BCUT2D eigenvalue weighted by Gasteiger charge is 2.20. The summed E-state index contributed by atoms with van der Waals surface area (Å²) in [5.74, 6) is -0.132. The van der Waals surface area contributed by atoms with Gasteiger partial charge < -0.3 is 14.5 Å². The number of pyridine rings is 1. The maximum absolute atomic E-state index is 13.2. The fourth-order valence-electron chi connectivity index (χ4n) is 3.34. The second-order valence-corrected chi connectivity index (χ2v) is 7.11. The van der Waals surface area contributed by atoms with Crippen LogP contribution < -0.4 is 5.32 Å². The van der Waals surface area contributed by atoms with Gasteiger partial charge in [-0.2, -0.15) is 5.10 Å². The predicted molar refractivity (Wildman–Crippen MR) is 116 cm³/mol. The van der Waals surface area contributed by atoms with E-state index in [0.29, 0.717) is 51.6 Å². The Kier molecular flexibility index (Phi) is 5.53. The highest BCUT2D eigenvalue weighted by atomic mass is 16.5. The lowest BCUT2D eigenvalue weighted by Gasteiger charge is -2.09. The first kappa shape index (κ1) is 20.3. The number of aromatic nitrogens is 3. The summed E-state index contributed by atoms with van der Waals surface area (Å²) < 4.78 is 12.2. The normalized spacial score (nSPS) is 10.9. The van der Waals surface area contributed by atoms with E-state index in [1.54, 1.807) is 60.5 Å². The molecule has 0 aliphatic carbocycles. The van der Waals surface area contributed by atoms with Gasteiger partial charge >= 0.3 is 5.97 Å². The smallest absolute Gasteiger partial charge is 0.338 e. The van der Waals surface area contributed by atoms with Gasteiger partial charge in [-0.3, -0.25) is 9.48 Å². The van der Waals surface area contributed by atoms with Crippen molar-refractivity contribution >= 4 is 28.6 Å². The zero-order valence-corrected chi connectivity index (χ0v) is 17.5. The fourth-order valence-corrected chi connectivity index (χ4v) is 3.34. The van der Waals surface area contributed by atoms with Gasteiger partial charge in [0.2, 0.25) is 0 Å². The van der Waals surface area contributed by atoms with Crippen molar-refractivity contribution in [1.82, 2.24) is 14.8 Å². The van der Waals surface area contributed by atoms with Gasteiger partial charge in [-0.15, -0.1) is 0 Å². The van der Waals surface area contributed by atoms with Gasteiger partial charge in [-0.05, 0) is 55.8 Å². The number of nitrogens with one attached hydrogen (secondary N) is 1. The van der Waals surface area contributed by atoms with E-state index in [9.17, 15) is 9.59 Å². The minimum Gasteiger partial charge on any atom is -0.463 e. The summed E-state index contributed by atoms with van der Waals surface area (Å²) in [5.41, 5.74) is 3.26. The van der Waals surface area contributed by atoms with E-state index in [2.05, 4.69) is 15.4 Å². The number of carbonyl (C=O) groups excluding carboxylic acids is 2. The first-order valence-corrected chi connectivity index (χ1v) is 9.94. The van der Waals surface area contributed by atoms with Crippen molar-refractivity contribution in [3.8, 4) is 11.5 Å². The molecule has 0 radical (unpaired) electrons. The highest BCUT2D eigenvalue weighted by molar-refractivity contribution is 6.13. The summed E-state index contributed by atoms with van der Waals surface area (Å²) in [4.78, 5) is 29.8. The number of esters is 1. The molecule has 0 saturated carbocycles. The Morgan fingerprint density at radius 2 is 1.97 bits per heavy atom. The van der Waals surface area contributed by atoms with Gasteiger partial charge in [0, 0.05) is 12.7 Å². The number of furan rings is 1. The Morgan fingerprint density at radius 1 is 1.19 bits per heavy atom. The maximum Gasteiger partial charge on any atom is 0.338 e. The van der Waals surface area contributed by atoms with Crippen LogP contribution in [0.5, 0.6) is 0 Å². The van der Waals surface area contributed by atoms with Crippen LogP contribution in [-0.4, -0.2) is 33.2 Å². The van der Waals surface area contributed by atoms with Gasteiger partial charge in [-0.1, -0.05) is 6.92 Å². The molecule has 8 nitrogen and oxygen atoms in total. The van der Waals surface area contributed by atoms with E-state index in [4.69, 9.17) is 9.15 Å². The first-order valence-electron chi connectivity index (χ1n) is 9.94. The number of carbonyl (C=O) groups is 2. The molecule has 4 aromatic rings. The number of rotatable bonds is 6. The maximum atomic E-state index is 13.2. The van der Waals surface area contributed by atoms with Crippen molar-refractivity contribution in [3.63, 3.8) is 0 Å². The van der Waals surface area contributed by atoms with Crippen molar-refractivity contribution in [2.45, 2.75) is 20.3 Å². The summed E-state index contributed by atoms with van der Waals surface area (Å²) in [6, 6.07) is 11.8. The summed E-state index contributed by atoms with van der Waals surface area (Å²) in [7, 11) is 1.78. The van der Waals surface area contributed by atoms with Crippen LogP contribution >= 0.6 is 0 Å². The Hall–Kier alpha value is -3.94. The molecule has 0 aliphatic rings. The molecule has 31 heavy (non-hydrogen) atoms. The van der Waals surface area contributed by atoms with Crippen LogP contribution in [0.1, 0.15) is 39.8 Å². The number of hydrogen-bond donors (Lipinski definition) is 1. The molecule has 3 heterocycles. The second kappa shape index (κ2) is 8.43. The van der Waals surface area contributed by atoms with Gasteiger partial charge in [0.1, 0.15) is 5.69 Å². The molecule has 0 spiro atoms. The topological polar surface area (TPSA) is 99.2 Å². The lowest BCUT2D eigenvalue weighted by atomic mass is 10.1. The molecule has 3 aromatic heterocycles. The van der Waals surface area contributed by atoms with Gasteiger partial charge in [0.25, 0.3) is 5.91 Å². The van der Waals surface area contributed by atoms with Crippen LogP contribution in [0.2, 0.25) is 0 Å². The number of aryl methyl sites for hydroxylation is 2. The number of amides is 1. The van der Waals surface area contributed by atoms with E-state index < -0.39 is 0 Å². The molecular formula is C23H22N4O4. The number of anilines is 1. The first-order chi connectivity index (χ1) is 15.0. The van der Waals surface area contributed by atoms with Crippen LogP contribution in [0.15, 0.2) is 53.1 Å². The molecule has 8 heteroatoms. The number of nitrogens with zero attached hydrogens (tertiary/aromatic N) is 3. The molecule has 1 amide bonds. The molecule has 0 atom stereocenters. The van der Waals surface area contributed by atoms with Crippen molar-refractivity contribution < 1.29 is 18.7 Å². The Labute approximate surface area is 178 Å². The van der Waals surface area contributed by atoms with Crippen LogP contribution in [0.25, 0.3) is 22.5 Å². The number of benzene rings is 1. The van der Waals surface area contributed by atoms with Crippen LogP contribution in [-0.2, 0) is 11.8 Å². The lowest BCUT2D eigenvalue weighted by molar-refractivity contribution is 0.0505. The van der Waals surface area contributed by atoms with Crippen LogP contribution in [0.4, 0.5) is 5.69 Å². The monoisotopic (exact) mass is 418 g/mol. The Morgan fingerprint density at radius 3 is 2.65 bits per heavy atom. The minimum absolute atomic E-state index is 0.308. The van der Waals surface area contributed by atoms with Gasteiger partial charge in [0.05, 0.1) is 35.1 Å². The third-order valence-corrected chi connectivity index (χ3v) is 4.80. The highest BCUT2D eigenvalue weighted by Crippen LogP contribution is 2.27. The number of hydrogen-bond acceptors (Lipinski definition) is 6. The molecular weight excluding hydrogens is 396 g/mol. The van der Waals surface area contributed by atoms with Gasteiger partial charge in [0.15, 0.2) is 11.4 Å². The SMILES string of the molecule is CCCOC(=O)c1ccc(NC(=O)c2cc(-c3ccco3)nc3c2c(C)nn3C)cc1. The second-order valence-electron chi connectivity index (χ2n) is 7.11. The molecule has 0 aliphatic heterocycles. The minimum atomic E-state index is -0.385. The van der Waals surface area contributed by atoms with E-state index >= 15 is 0 Å². The van der Waals surface area contributed by atoms with Crippen molar-refractivity contribution in [2.75, 3.05) is 11.9 Å². The van der Waals surface area contributed by atoms with Crippen molar-refractivity contribution in [2.24, 2.45) is 7.05 Å². The average Bonchev–Trinajstić information content (AvgIpc) is 3.40. The van der Waals surface area contributed by atoms with E-state index in [1.165, 1.54) is 0 Å². The summed E-state index contributed by atoms with van der Waals surface area (Å²) in [6.45, 7) is 4.14. The third-order valence-electron chi connectivity index (χ3n) is 4.80. The molecule has 0 bridgehead atoms. The molecule has 4 rings (SSSR count). The molecule has 1 aromatic carbocycles. The summed E-state index contributed by atoms with van der Waals surface area (Å²) >= 11 is 0. The molecule has 158 valence electrons. The number of fused-ring (bicyclic) bond motifs is 1. The average molecular weight is 418 g/mol. The zero-order chi connectivity index (χ0) is 22.0. The van der Waals surface area contributed by atoms with Crippen LogP contribution in [0.3, 0.4) is 0 Å². The Bertz CT molecular complexity index is 1240. The molecule has 0 fully saturated rings. The quantitative estimate of drug-likeness (QED) is 0.467. The van der Waals surface area contributed by atoms with Gasteiger partial charge in [-0.25, -0.2) is 9.78 Å². The van der Waals surface area contributed by atoms with Crippen molar-refractivity contribution in [1.29, 1.82) is 0 Å². The van der Waals surface area contributed by atoms with Crippen LogP contribution in [0, 0.1) is 6.92 Å².